The summed E-state index contributed by atoms with van der Waals surface area (Å²) in [5.41, 5.74) is 7.79. The average Bonchev–Trinajstić information content (AvgIpc) is 2.90. The first-order valence-electron chi connectivity index (χ1n) is 7.72. The van der Waals surface area contributed by atoms with Crippen molar-refractivity contribution < 1.29 is 14.3 Å². The number of amides is 2. The molecule has 6 heteroatoms. The van der Waals surface area contributed by atoms with Gasteiger partial charge in [-0.05, 0) is 42.8 Å². The summed E-state index contributed by atoms with van der Waals surface area (Å²) in [6.07, 6.45) is 1.78. The number of para-hydroxylation sites is 1. The van der Waals surface area contributed by atoms with Gasteiger partial charge in [0.1, 0.15) is 5.75 Å². The van der Waals surface area contributed by atoms with Gasteiger partial charge in [0.2, 0.25) is 0 Å². The molecule has 3 rings (SSSR count). The molecule has 0 spiro atoms. The summed E-state index contributed by atoms with van der Waals surface area (Å²) < 4.78 is 5.22. The van der Waals surface area contributed by atoms with Gasteiger partial charge >= 0.3 is 0 Å². The molecule has 0 aromatic heterocycles. The van der Waals surface area contributed by atoms with Gasteiger partial charge < -0.3 is 10.5 Å². The summed E-state index contributed by atoms with van der Waals surface area (Å²) in [5.74, 6) is -0.164. The highest BCUT2D eigenvalue weighted by Crippen LogP contribution is 2.25. The first kappa shape index (κ1) is 16.4. The second-order valence-electron chi connectivity index (χ2n) is 5.52. The number of rotatable bonds is 5. The van der Waals surface area contributed by atoms with Crippen molar-refractivity contribution >= 4 is 29.3 Å². The van der Waals surface area contributed by atoms with Crippen LogP contribution in [0.2, 0.25) is 0 Å². The Morgan fingerprint density at radius 3 is 2.48 bits per heavy atom. The molecule has 6 nitrogen and oxygen atoms in total. The van der Waals surface area contributed by atoms with Gasteiger partial charge in [0.05, 0.1) is 17.0 Å². The highest BCUT2D eigenvalue weighted by atomic mass is 16.5. The molecule has 1 heterocycles. The monoisotopic (exact) mass is 335 g/mol. The maximum absolute atomic E-state index is 12.6. The molecule has 0 aliphatic carbocycles. The molecule has 2 aromatic carbocycles. The smallest absolute Gasteiger partial charge is 0.280 e. The Balaban J connectivity index is 1.78. The summed E-state index contributed by atoms with van der Waals surface area (Å²) in [6.45, 7) is 1.63. The predicted molar refractivity (Wildman–Crippen MR) is 96.1 cm³/mol. The van der Waals surface area contributed by atoms with E-state index in [-0.39, 0.29) is 12.5 Å². The van der Waals surface area contributed by atoms with E-state index >= 15 is 0 Å². The SMILES string of the molecule is CC1=NN(c2ccccc2)C(=O)/C1=C\c1ccc(OCC(N)=O)cc1. The molecule has 2 N–H and O–H groups in total. The molecule has 2 amide bonds. The van der Waals surface area contributed by atoms with Gasteiger partial charge in [0.15, 0.2) is 6.61 Å². The van der Waals surface area contributed by atoms with E-state index in [2.05, 4.69) is 5.10 Å². The molecule has 0 unspecified atom stereocenters. The number of nitrogens with two attached hydrogens (primary N) is 1. The molecule has 0 atom stereocenters. The van der Waals surface area contributed by atoms with E-state index < -0.39 is 5.91 Å². The normalized spacial score (nSPS) is 15.4. The number of ether oxygens (including phenoxy) is 1. The molecule has 25 heavy (non-hydrogen) atoms. The third kappa shape index (κ3) is 3.74. The number of carbonyl (C=O) groups is 2. The van der Waals surface area contributed by atoms with Crippen molar-refractivity contribution in [1.29, 1.82) is 0 Å². The fourth-order valence-electron chi connectivity index (χ4n) is 2.41. The fraction of sp³-hybridized carbons (Fsp3) is 0.105. The summed E-state index contributed by atoms with van der Waals surface area (Å²) >= 11 is 0. The Morgan fingerprint density at radius 2 is 1.84 bits per heavy atom. The zero-order chi connectivity index (χ0) is 17.8. The minimum Gasteiger partial charge on any atom is -0.484 e. The lowest BCUT2D eigenvalue weighted by Gasteiger charge is -2.11. The number of anilines is 1. The minimum absolute atomic E-state index is 0.169. The number of benzene rings is 2. The standard InChI is InChI=1S/C19H17N3O3/c1-13-17(19(24)22(21-13)15-5-3-2-4-6-15)11-14-7-9-16(10-8-14)25-12-18(20)23/h2-11H,12H2,1H3,(H2,20,23)/b17-11-. The lowest BCUT2D eigenvalue weighted by molar-refractivity contribution is -0.120. The highest BCUT2D eigenvalue weighted by Gasteiger charge is 2.28. The van der Waals surface area contributed by atoms with Gasteiger partial charge in [0.25, 0.3) is 11.8 Å². The molecular weight excluding hydrogens is 318 g/mol. The molecule has 0 bridgehead atoms. The van der Waals surface area contributed by atoms with Crippen LogP contribution in [0.3, 0.4) is 0 Å². The van der Waals surface area contributed by atoms with Gasteiger partial charge in [-0.2, -0.15) is 10.1 Å². The van der Waals surface area contributed by atoms with E-state index in [4.69, 9.17) is 10.5 Å². The second-order valence-corrected chi connectivity index (χ2v) is 5.52. The van der Waals surface area contributed by atoms with Crippen LogP contribution in [0.25, 0.3) is 6.08 Å². The molecule has 1 aliphatic rings. The zero-order valence-corrected chi connectivity index (χ0v) is 13.7. The van der Waals surface area contributed by atoms with Crippen molar-refractivity contribution in [3.05, 3.63) is 65.7 Å². The van der Waals surface area contributed by atoms with Crippen LogP contribution in [0, 0.1) is 0 Å². The van der Waals surface area contributed by atoms with Gasteiger partial charge in [-0.15, -0.1) is 0 Å². The Labute approximate surface area is 145 Å². The average molecular weight is 335 g/mol. The van der Waals surface area contributed by atoms with Crippen LogP contribution in [0.15, 0.2) is 65.3 Å². The number of hydrazone groups is 1. The van der Waals surface area contributed by atoms with Gasteiger partial charge in [-0.3, -0.25) is 9.59 Å². The maximum atomic E-state index is 12.6. The van der Waals surface area contributed by atoms with Crippen molar-refractivity contribution in [2.75, 3.05) is 11.6 Å². The first-order valence-corrected chi connectivity index (χ1v) is 7.72. The summed E-state index contributed by atoms with van der Waals surface area (Å²) in [5, 5.41) is 5.73. The van der Waals surface area contributed by atoms with E-state index in [0.717, 1.165) is 11.3 Å². The first-order chi connectivity index (χ1) is 12.0. The molecule has 126 valence electrons. The number of hydrogen-bond donors (Lipinski definition) is 1. The van der Waals surface area contributed by atoms with Gasteiger partial charge in [-0.25, -0.2) is 0 Å². The van der Waals surface area contributed by atoms with Crippen LogP contribution < -0.4 is 15.5 Å². The van der Waals surface area contributed by atoms with Crippen LogP contribution in [-0.2, 0) is 9.59 Å². The van der Waals surface area contributed by atoms with Crippen LogP contribution in [0.4, 0.5) is 5.69 Å². The predicted octanol–water partition coefficient (Wildman–Crippen LogP) is 2.36. The van der Waals surface area contributed by atoms with Gasteiger partial charge in [-0.1, -0.05) is 30.3 Å². The number of primary amides is 1. The lowest BCUT2D eigenvalue weighted by atomic mass is 10.1. The minimum atomic E-state index is -0.532. The quantitative estimate of drug-likeness (QED) is 0.851. The molecule has 0 radical (unpaired) electrons. The van der Waals surface area contributed by atoms with Crippen molar-refractivity contribution in [1.82, 2.24) is 0 Å². The molecule has 1 aliphatic heterocycles. The van der Waals surface area contributed by atoms with E-state index in [9.17, 15) is 9.59 Å². The van der Waals surface area contributed by atoms with Crippen LogP contribution in [0.5, 0.6) is 5.75 Å². The van der Waals surface area contributed by atoms with E-state index in [0.29, 0.717) is 17.0 Å². The molecule has 0 fully saturated rings. The van der Waals surface area contributed by atoms with E-state index in [1.54, 1.807) is 37.3 Å². The Hall–Kier alpha value is -3.41. The highest BCUT2D eigenvalue weighted by molar-refractivity contribution is 6.32. The van der Waals surface area contributed by atoms with Gasteiger partial charge in [0, 0.05) is 0 Å². The molecule has 0 saturated heterocycles. The largest absolute Gasteiger partial charge is 0.484 e. The Bertz CT molecular complexity index is 855. The third-order valence-electron chi connectivity index (χ3n) is 3.64. The maximum Gasteiger partial charge on any atom is 0.280 e. The number of nitrogens with zero attached hydrogens (tertiary/aromatic N) is 2. The number of carbonyl (C=O) groups excluding carboxylic acids is 2. The molecule has 2 aromatic rings. The lowest BCUT2D eigenvalue weighted by Crippen LogP contribution is -2.21. The topological polar surface area (TPSA) is 85.0 Å². The summed E-state index contributed by atoms with van der Waals surface area (Å²) in [4.78, 5) is 23.4. The third-order valence-corrected chi connectivity index (χ3v) is 3.64. The van der Waals surface area contributed by atoms with Crippen LogP contribution in [-0.4, -0.2) is 24.1 Å². The second kappa shape index (κ2) is 7.00. The summed E-state index contributed by atoms with van der Waals surface area (Å²) in [7, 11) is 0. The van der Waals surface area contributed by atoms with Crippen molar-refractivity contribution in [2.24, 2.45) is 10.8 Å². The molecular formula is C19H17N3O3. The number of hydrogen-bond acceptors (Lipinski definition) is 4. The van der Waals surface area contributed by atoms with Crippen molar-refractivity contribution in [2.45, 2.75) is 6.92 Å². The van der Waals surface area contributed by atoms with Crippen LogP contribution in [0.1, 0.15) is 12.5 Å². The van der Waals surface area contributed by atoms with Crippen molar-refractivity contribution in [3.63, 3.8) is 0 Å². The summed E-state index contributed by atoms with van der Waals surface area (Å²) in [6, 6.07) is 16.3. The van der Waals surface area contributed by atoms with E-state index in [1.807, 2.05) is 30.3 Å². The van der Waals surface area contributed by atoms with Crippen molar-refractivity contribution in [3.8, 4) is 5.75 Å². The van der Waals surface area contributed by atoms with Crippen LogP contribution >= 0.6 is 0 Å². The molecule has 0 saturated carbocycles. The van der Waals surface area contributed by atoms with E-state index in [1.165, 1.54) is 5.01 Å². The fourth-order valence-corrected chi connectivity index (χ4v) is 2.41. The Morgan fingerprint density at radius 1 is 1.16 bits per heavy atom. The zero-order valence-electron chi connectivity index (χ0n) is 13.7. The Kier molecular flexibility index (Phi) is 4.61.